The third-order valence-electron chi connectivity index (χ3n) is 4.11. The minimum absolute atomic E-state index is 0.239. The van der Waals surface area contributed by atoms with Gasteiger partial charge in [0.2, 0.25) is 0 Å². The van der Waals surface area contributed by atoms with E-state index in [9.17, 15) is 4.79 Å². The number of aliphatic imine (C=N–C) groups is 2. The van der Waals surface area contributed by atoms with E-state index >= 15 is 0 Å². The highest BCUT2D eigenvalue weighted by molar-refractivity contribution is 5.81. The van der Waals surface area contributed by atoms with Crippen LogP contribution in [0.5, 0.6) is 0 Å². The van der Waals surface area contributed by atoms with Crippen LogP contribution in [0.15, 0.2) is 124 Å². The molecule has 1 heterocycles. The Morgan fingerprint density at radius 1 is 0.633 bits per heavy atom. The minimum Gasteiger partial charge on any atom is -0.472 e. The highest BCUT2D eigenvalue weighted by atomic mass is 16.3. The lowest BCUT2D eigenvalue weighted by Crippen LogP contribution is -1.94. The average Bonchev–Trinajstić information content (AvgIpc) is 3.36. The van der Waals surface area contributed by atoms with Gasteiger partial charge < -0.3 is 4.42 Å². The van der Waals surface area contributed by atoms with Crippen LogP contribution in [-0.4, -0.2) is 18.7 Å². The predicted octanol–water partition coefficient (Wildman–Crippen LogP) is 6.02. The van der Waals surface area contributed by atoms with Gasteiger partial charge in [-0.3, -0.25) is 14.8 Å². The van der Waals surface area contributed by atoms with Crippen LogP contribution in [0.2, 0.25) is 0 Å². The highest BCUT2D eigenvalue weighted by Gasteiger charge is 2.05. The van der Waals surface area contributed by atoms with Crippen LogP contribution in [0, 0.1) is 0 Å². The zero-order valence-corrected chi connectivity index (χ0v) is 16.4. The van der Waals surface area contributed by atoms with Crippen molar-refractivity contribution in [2.75, 3.05) is 0 Å². The molecule has 4 nitrogen and oxygen atoms in total. The first-order valence-corrected chi connectivity index (χ1v) is 9.54. The average molecular weight is 394 g/mol. The number of hydrogen-bond donors (Lipinski definition) is 0. The van der Waals surface area contributed by atoms with Gasteiger partial charge in [-0.1, -0.05) is 91.0 Å². The van der Waals surface area contributed by atoms with Gasteiger partial charge in [-0.2, -0.15) is 0 Å². The van der Waals surface area contributed by atoms with E-state index in [1.807, 2.05) is 91.3 Å². The summed E-state index contributed by atoms with van der Waals surface area (Å²) in [4.78, 5) is 19.1. The second-order valence-corrected chi connectivity index (χ2v) is 6.34. The number of rotatable bonds is 6. The fourth-order valence-electron chi connectivity index (χ4n) is 2.57. The predicted molar refractivity (Wildman–Crippen MR) is 121 cm³/mol. The minimum atomic E-state index is -0.239. The Morgan fingerprint density at radius 3 is 1.53 bits per heavy atom. The first kappa shape index (κ1) is 20.7. The van der Waals surface area contributed by atoms with Crippen molar-refractivity contribution in [1.82, 2.24) is 0 Å². The summed E-state index contributed by atoms with van der Waals surface area (Å²) < 4.78 is 4.57. The van der Waals surface area contributed by atoms with Gasteiger partial charge in [0.05, 0.1) is 11.8 Å². The molecule has 0 fully saturated rings. The maximum atomic E-state index is 9.81. The summed E-state index contributed by atoms with van der Waals surface area (Å²) in [6.07, 6.45) is 7.11. The summed E-state index contributed by atoms with van der Waals surface area (Å²) in [6, 6.07) is 31.9. The van der Waals surface area contributed by atoms with Gasteiger partial charge in [0.1, 0.15) is 6.26 Å². The van der Waals surface area contributed by atoms with Crippen LogP contribution >= 0.6 is 0 Å². The molecule has 148 valence electrons. The molecule has 3 aromatic carbocycles. The third kappa shape index (κ3) is 6.84. The molecule has 0 amide bonds. The first-order chi connectivity index (χ1) is 14.8. The van der Waals surface area contributed by atoms with Crippen LogP contribution in [0.1, 0.15) is 33.2 Å². The molecule has 0 bridgehead atoms. The number of benzene rings is 3. The summed E-state index contributed by atoms with van der Waals surface area (Å²) >= 11 is 0. The van der Waals surface area contributed by atoms with Crippen LogP contribution < -0.4 is 0 Å². The van der Waals surface area contributed by atoms with Crippen LogP contribution in [0.25, 0.3) is 0 Å². The maximum absolute atomic E-state index is 9.81. The molecule has 0 aliphatic heterocycles. The highest BCUT2D eigenvalue weighted by Crippen LogP contribution is 2.18. The van der Waals surface area contributed by atoms with Crippen molar-refractivity contribution in [3.05, 3.63) is 132 Å². The molecule has 1 aromatic heterocycles. The smallest absolute Gasteiger partial charge is 0.165 e. The molecule has 0 unspecified atom stereocenters. The van der Waals surface area contributed by atoms with Crippen LogP contribution in [0.4, 0.5) is 0 Å². The van der Waals surface area contributed by atoms with Crippen molar-refractivity contribution < 1.29 is 9.21 Å². The second kappa shape index (κ2) is 11.7. The fourth-order valence-corrected chi connectivity index (χ4v) is 2.57. The Bertz CT molecular complexity index is 993. The summed E-state index contributed by atoms with van der Waals surface area (Å²) in [5.41, 5.74) is 3.80. The molecule has 0 spiro atoms. The molecule has 0 radical (unpaired) electrons. The number of hydrogen-bond acceptors (Lipinski definition) is 4. The molecule has 4 heteroatoms. The van der Waals surface area contributed by atoms with Gasteiger partial charge in [-0.25, -0.2) is 0 Å². The Hall–Kier alpha value is -4.05. The molecule has 4 aromatic rings. The topological polar surface area (TPSA) is 54.9 Å². The summed E-state index contributed by atoms with van der Waals surface area (Å²) in [5, 5.41) is 0. The van der Waals surface area contributed by atoms with Crippen LogP contribution in [-0.2, 0) is 0 Å². The van der Waals surface area contributed by atoms with Gasteiger partial charge in [0.15, 0.2) is 12.5 Å². The molecule has 0 atom stereocenters. The van der Waals surface area contributed by atoms with E-state index in [2.05, 4.69) is 26.5 Å². The normalized spacial score (nSPS) is 11.7. The quantitative estimate of drug-likeness (QED) is 0.297. The van der Waals surface area contributed by atoms with Crippen molar-refractivity contribution in [2.24, 2.45) is 9.98 Å². The van der Waals surface area contributed by atoms with E-state index < -0.39 is 0 Å². The molecular weight excluding hydrogens is 372 g/mol. The standard InChI is InChI=1S/C21H18N2.C5H4O2/c1-4-10-18(11-5-1)16-22-21(20-14-8-3-9-15-20)23-17-19-12-6-2-7-13-19;6-3-5-1-2-7-4-5/h1-17,21H;1-4H. The van der Waals surface area contributed by atoms with Gasteiger partial charge in [0.25, 0.3) is 0 Å². The lowest BCUT2D eigenvalue weighted by Gasteiger charge is -2.07. The first-order valence-electron chi connectivity index (χ1n) is 9.54. The monoisotopic (exact) mass is 394 g/mol. The molecule has 0 saturated carbocycles. The molecule has 0 aliphatic carbocycles. The van der Waals surface area contributed by atoms with Gasteiger partial charge in [0, 0.05) is 12.4 Å². The number of aldehydes is 1. The fraction of sp³-hybridized carbons (Fsp3) is 0.0385. The molecule has 0 aliphatic rings. The molecule has 30 heavy (non-hydrogen) atoms. The summed E-state index contributed by atoms with van der Waals surface area (Å²) in [7, 11) is 0. The zero-order valence-electron chi connectivity index (χ0n) is 16.4. The summed E-state index contributed by atoms with van der Waals surface area (Å²) in [6.45, 7) is 0. The number of nitrogens with zero attached hydrogens (tertiary/aromatic N) is 2. The SMILES string of the molecule is C(=NC(N=Cc1ccccc1)c1ccccc1)c1ccccc1.O=Cc1ccoc1. The van der Waals surface area contributed by atoms with Crippen LogP contribution in [0.3, 0.4) is 0 Å². The lowest BCUT2D eigenvalue weighted by atomic mass is 10.1. The van der Waals surface area contributed by atoms with E-state index in [4.69, 9.17) is 0 Å². The third-order valence-corrected chi connectivity index (χ3v) is 4.11. The Labute approximate surface area is 176 Å². The van der Waals surface area contributed by atoms with E-state index in [0.29, 0.717) is 5.56 Å². The van der Waals surface area contributed by atoms with E-state index in [1.54, 1.807) is 6.07 Å². The van der Waals surface area contributed by atoms with E-state index in [-0.39, 0.29) is 6.17 Å². The van der Waals surface area contributed by atoms with E-state index in [1.165, 1.54) is 12.5 Å². The zero-order chi connectivity index (χ0) is 20.9. The van der Waals surface area contributed by atoms with Gasteiger partial charge in [-0.15, -0.1) is 0 Å². The lowest BCUT2D eigenvalue weighted by molar-refractivity contribution is 0.112. The maximum Gasteiger partial charge on any atom is 0.165 e. The Kier molecular flexibility index (Phi) is 8.08. The molecule has 0 N–H and O–H groups in total. The van der Waals surface area contributed by atoms with Crippen molar-refractivity contribution in [3.63, 3.8) is 0 Å². The van der Waals surface area contributed by atoms with Crippen molar-refractivity contribution in [2.45, 2.75) is 6.17 Å². The number of carbonyl (C=O) groups is 1. The summed E-state index contributed by atoms with van der Waals surface area (Å²) in [5.74, 6) is 0. The van der Waals surface area contributed by atoms with Crippen molar-refractivity contribution in [3.8, 4) is 0 Å². The Balaban J connectivity index is 0.000000310. The molecule has 4 rings (SSSR count). The molecular formula is C26H22N2O2. The largest absolute Gasteiger partial charge is 0.472 e. The van der Waals surface area contributed by atoms with Gasteiger partial charge in [-0.05, 0) is 22.8 Å². The second-order valence-electron chi connectivity index (χ2n) is 6.34. The van der Waals surface area contributed by atoms with Crippen molar-refractivity contribution in [1.29, 1.82) is 0 Å². The van der Waals surface area contributed by atoms with Crippen molar-refractivity contribution >= 4 is 18.7 Å². The number of furan rings is 1. The van der Waals surface area contributed by atoms with Gasteiger partial charge >= 0.3 is 0 Å². The Morgan fingerprint density at radius 2 is 1.13 bits per heavy atom. The molecule has 0 saturated heterocycles. The van der Waals surface area contributed by atoms with E-state index in [0.717, 1.165) is 23.0 Å². The number of carbonyl (C=O) groups excluding carboxylic acids is 1.